The number of anilines is 1. The first kappa shape index (κ1) is 17.9. The van der Waals surface area contributed by atoms with Gasteiger partial charge in [-0.1, -0.05) is 0 Å². The number of benzene rings is 2. The average molecular weight is 380 g/mol. The van der Waals surface area contributed by atoms with Gasteiger partial charge in [-0.15, -0.1) is 0 Å². The molecule has 2 aromatic carbocycles. The van der Waals surface area contributed by atoms with Crippen LogP contribution in [0, 0.1) is 0 Å². The molecule has 3 aromatic rings. The number of aromatic nitrogens is 1. The number of H-pyrrole nitrogens is 1. The number of amides is 1. The summed E-state index contributed by atoms with van der Waals surface area (Å²) in [6.45, 7) is 4.47. The number of hydrogen-bond acceptors (Lipinski definition) is 5. The summed E-state index contributed by atoms with van der Waals surface area (Å²) < 4.78 is 16.5. The summed E-state index contributed by atoms with van der Waals surface area (Å²) in [6, 6.07) is 8.81. The highest BCUT2D eigenvalue weighted by atomic mass is 16.5. The van der Waals surface area contributed by atoms with Crippen LogP contribution in [0.1, 0.15) is 25.0 Å². The van der Waals surface area contributed by atoms with E-state index in [2.05, 4.69) is 10.3 Å². The molecule has 0 fully saturated rings. The van der Waals surface area contributed by atoms with E-state index in [4.69, 9.17) is 13.9 Å². The molecular formula is C21H20N2O5. The molecule has 0 saturated carbocycles. The van der Waals surface area contributed by atoms with Crippen LogP contribution in [0.4, 0.5) is 5.69 Å². The fourth-order valence-electron chi connectivity index (χ4n) is 3.25. The summed E-state index contributed by atoms with van der Waals surface area (Å²) in [4.78, 5) is 26.1. The van der Waals surface area contributed by atoms with Gasteiger partial charge in [0.05, 0.1) is 12.1 Å². The van der Waals surface area contributed by atoms with Gasteiger partial charge in [0.15, 0.2) is 5.58 Å². The zero-order chi connectivity index (χ0) is 19.7. The maximum atomic E-state index is 12.3. The Morgan fingerprint density at radius 1 is 1.36 bits per heavy atom. The van der Waals surface area contributed by atoms with Gasteiger partial charge in [0.1, 0.15) is 17.6 Å². The molecule has 144 valence electrons. The lowest BCUT2D eigenvalue weighted by Crippen LogP contribution is -2.07. The number of carbonyl (C=O) groups excluding carboxylic acids is 1. The summed E-state index contributed by atoms with van der Waals surface area (Å²) >= 11 is 0. The summed E-state index contributed by atoms with van der Waals surface area (Å²) in [7, 11) is 0. The van der Waals surface area contributed by atoms with E-state index in [9.17, 15) is 9.59 Å². The van der Waals surface area contributed by atoms with Gasteiger partial charge < -0.3 is 19.2 Å². The summed E-state index contributed by atoms with van der Waals surface area (Å²) in [5.41, 5.74) is 3.40. The minimum atomic E-state index is -0.532. The molecule has 1 amide bonds. The van der Waals surface area contributed by atoms with Crippen molar-refractivity contribution in [2.24, 2.45) is 0 Å². The average Bonchev–Trinajstić information content (AvgIpc) is 3.19. The molecule has 28 heavy (non-hydrogen) atoms. The van der Waals surface area contributed by atoms with Gasteiger partial charge in [-0.05, 0) is 50.3 Å². The highest BCUT2D eigenvalue weighted by molar-refractivity contribution is 6.02. The predicted molar refractivity (Wildman–Crippen MR) is 106 cm³/mol. The Labute approximate surface area is 161 Å². The summed E-state index contributed by atoms with van der Waals surface area (Å²) in [6.07, 6.45) is 4.12. The zero-order valence-corrected chi connectivity index (χ0v) is 15.6. The van der Waals surface area contributed by atoms with E-state index >= 15 is 0 Å². The molecule has 0 bridgehead atoms. The van der Waals surface area contributed by atoms with E-state index in [0.29, 0.717) is 23.4 Å². The first-order valence-corrected chi connectivity index (χ1v) is 9.10. The number of oxazole rings is 1. The fourth-order valence-corrected chi connectivity index (χ4v) is 3.25. The molecule has 0 aliphatic carbocycles. The molecule has 4 rings (SSSR count). The van der Waals surface area contributed by atoms with Gasteiger partial charge in [0.2, 0.25) is 5.91 Å². The first-order valence-electron chi connectivity index (χ1n) is 9.10. The van der Waals surface area contributed by atoms with E-state index in [1.165, 1.54) is 6.08 Å². The summed E-state index contributed by atoms with van der Waals surface area (Å²) in [5.74, 6) is 0.711. The lowest BCUT2D eigenvalue weighted by molar-refractivity contribution is -0.111. The van der Waals surface area contributed by atoms with Gasteiger partial charge in [-0.25, -0.2) is 4.79 Å². The number of fused-ring (bicyclic) bond motifs is 2. The lowest BCUT2D eigenvalue weighted by Gasteiger charge is -2.10. The second-order valence-corrected chi connectivity index (χ2v) is 6.61. The predicted octanol–water partition coefficient (Wildman–Crippen LogP) is 3.50. The maximum Gasteiger partial charge on any atom is 0.417 e. The molecule has 1 unspecified atom stereocenters. The molecule has 1 atom stereocenters. The normalized spacial score (nSPS) is 15.6. The Morgan fingerprint density at radius 3 is 3.04 bits per heavy atom. The monoisotopic (exact) mass is 380 g/mol. The van der Waals surface area contributed by atoms with E-state index in [1.54, 1.807) is 24.3 Å². The van der Waals surface area contributed by atoms with Crippen LogP contribution in [0.5, 0.6) is 11.5 Å². The molecule has 2 N–H and O–H groups in total. The van der Waals surface area contributed by atoms with Gasteiger partial charge in [-0.3, -0.25) is 9.78 Å². The Morgan fingerprint density at radius 2 is 2.21 bits per heavy atom. The van der Waals surface area contributed by atoms with Crippen molar-refractivity contribution in [1.29, 1.82) is 0 Å². The van der Waals surface area contributed by atoms with Crippen molar-refractivity contribution in [3.8, 4) is 11.5 Å². The number of aromatic amines is 1. The highest BCUT2D eigenvalue weighted by Gasteiger charge is 2.21. The Balaban J connectivity index is 1.53. The minimum absolute atomic E-state index is 0.135. The number of carbonyl (C=O) groups is 1. The highest BCUT2D eigenvalue weighted by Crippen LogP contribution is 2.35. The molecule has 0 radical (unpaired) electrons. The van der Waals surface area contributed by atoms with Crippen LogP contribution in [0.15, 0.2) is 45.6 Å². The Hall–Kier alpha value is -3.48. The third-order valence-corrected chi connectivity index (χ3v) is 4.43. The van der Waals surface area contributed by atoms with Gasteiger partial charge >= 0.3 is 5.76 Å². The van der Waals surface area contributed by atoms with E-state index in [0.717, 1.165) is 29.0 Å². The van der Waals surface area contributed by atoms with Crippen LogP contribution >= 0.6 is 0 Å². The van der Waals surface area contributed by atoms with Crippen LogP contribution in [0.25, 0.3) is 17.2 Å². The van der Waals surface area contributed by atoms with Crippen LogP contribution in [0.2, 0.25) is 0 Å². The van der Waals surface area contributed by atoms with Crippen LogP contribution < -0.4 is 20.5 Å². The third-order valence-electron chi connectivity index (χ3n) is 4.43. The van der Waals surface area contributed by atoms with Crippen LogP contribution in [0.3, 0.4) is 0 Å². The van der Waals surface area contributed by atoms with Crippen LogP contribution in [-0.4, -0.2) is 23.6 Å². The molecule has 2 heterocycles. The topological polar surface area (TPSA) is 93.6 Å². The van der Waals surface area contributed by atoms with Crippen molar-refractivity contribution >= 4 is 28.8 Å². The molecule has 7 nitrogen and oxygen atoms in total. The van der Waals surface area contributed by atoms with Crippen molar-refractivity contribution in [1.82, 2.24) is 4.98 Å². The number of hydrogen-bond donors (Lipinski definition) is 2. The van der Waals surface area contributed by atoms with E-state index < -0.39 is 5.76 Å². The standard InChI is InChI=1S/C21H20N2O5/c1-3-26-18-10-14-8-12(2)27-19(14)9-13(18)4-7-20(24)22-15-5-6-17-16(11-15)23-21(25)28-17/h4-7,9-12H,3,8H2,1-2H3,(H,22,24)(H,23,25)/b7-4+. The number of ether oxygens (including phenoxy) is 2. The van der Waals surface area contributed by atoms with Crippen molar-refractivity contribution in [2.45, 2.75) is 26.4 Å². The number of rotatable bonds is 5. The molecule has 1 aromatic heterocycles. The molecular weight excluding hydrogens is 360 g/mol. The quantitative estimate of drug-likeness (QED) is 0.661. The Kier molecular flexibility index (Phi) is 4.65. The maximum absolute atomic E-state index is 12.3. The second kappa shape index (κ2) is 7.26. The van der Waals surface area contributed by atoms with Gasteiger partial charge in [-0.2, -0.15) is 0 Å². The Bertz CT molecular complexity index is 1130. The SMILES string of the molecule is CCOc1cc2c(cc1/C=C/C(=O)Nc1ccc3oc(=O)[nH]c3c1)OC(C)C2. The molecule has 7 heteroatoms. The second-order valence-electron chi connectivity index (χ2n) is 6.61. The van der Waals surface area contributed by atoms with Gasteiger partial charge in [0, 0.05) is 29.3 Å². The molecule has 0 saturated heterocycles. The molecule has 1 aliphatic rings. The van der Waals surface area contributed by atoms with Gasteiger partial charge in [0.25, 0.3) is 0 Å². The largest absolute Gasteiger partial charge is 0.493 e. The first-order chi connectivity index (χ1) is 13.5. The van der Waals surface area contributed by atoms with E-state index in [-0.39, 0.29) is 12.0 Å². The molecule has 0 spiro atoms. The smallest absolute Gasteiger partial charge is 0.417 e. The minimum Gasteiger partial charge on any atom is -0.493 e. The zero-order valence-electron chi connectivity index (χ0n) is 15.6. The van der Waals surface area contributed by atoms with Crippen molar-refractivity contribution in [3.05, 3.63) is 58.1 Å². The molecule has 1 aliphatic heterocycles. The fraction of sp³-hybridized carbons (Fsp3) is 0.238. The van der Waals surface area contributed by atoms with E-state index in [1.807, 2.05) is 26.0 Å². The third kappa shape index (κ3) is 3.64. The number of nitrogens with one attached hydrogen (secondary N) is 2. The lowest BCUT2D eigenvalue weighted by atomic mass is 10.1. The van der Waals surface area contributed by atoms with Crippen molar-refractivity contribution in [3.63, 3.8) is 0 Å². The van der Waals surface area contributed by atoms with Crippen molar-refractivity contribution < 1.29 is 18.7 Å². The van der Waals surface area contributed by atoms with Crippen LogP contribution in [-0.2, 0) is 11.2 Å². The summed E-state index contributed by atoms with van der Waals surface area (Å²) in [5, 5.41) is 2.76. The van der Waals surface area contributed by atoms with Crippen molar-refractivity contribution in [2.75, 3.05) is 11.9 Å².